The number of nitrogens with zero attached hydrogens (tertiary/aromatic N) is 2. The number of aliphatic hydroxyl groups is 1. The maximum absolute atomic E-state index is 13.7. The number of carbonyl (C=O) groups is 8. The van der Waals surface area contributed by atoms with Crippen molar-refractivity contribution in [1.29, 1.82) is 0 Å². The van der Waals surface area contributed by atoms with E-state index in [0.29, 0.717) is 103 Å². The minimum atomic E-state index is -1.07. The van der Waals surface area contributed by atoms with Gasteiger partial charge in [-0.1, -0.05) is 56.7 Å². The summed E-state index contributed by atoms with van der Waals surface area (Å²) in [6.45, 7) is 18.2. The predicted molar refractivity (Wildman–Crippen MR) is 350 cm³/mol. The summed E-state index contributed by atoms with van der Waals surface area (Å²) in [6.07, 6.45) is 7.02. The van der Waals surface area contributed by atoms with Gasteiger partial charge in [0.05, 0.1) is 117 Å². The standard InChI is InChI=1S/C66H107N9O20/c1-44(2)60(73-58(78)22-27-85-29-31-87-33-35-89-37-38-90-36-34-88-32-30-86-28-23-67)63(82)72-53(11-10-24-69-64(68)83)62(81)70-51-17-15-50(16-18-51)42-91-65(84)75(9)26-25-74(8)59(79)40-52-41-66(43-92-66)61(80)56(95-52)20-13-45(3)12-19-55-46(4)39-54(48(6)94-55)71-57(77)21-14-47(5)93-49(7)76/h12-18,20-21,44,46-48,52-56,60-61,80H,10-11,19,22-43,67H2,1-9H3,(H,70,81)(H,71,77)(H,72,82)(H,73,78)(H3,68,69,83)/b20-13+,21-14-,45-12+/t46-,47-,48+,52+,53-,54+,55-,56+,60-,61+,66+/m0/s1. The molecule has 3 saturated heterocycles. The van der Waals surface area contributed by atoms with Crippen LogP contribution in [0.1, 0.15) is 99.0 Å². The molecule has 10 N–H and O–H groups in total. The number of carbonyl (C=O) groups excluding carboxylic acids is 8. The largest absolute Gasteiger partial charge is 0.459 e. The molecule has 0 radical (unpaired) electrons. The Labute approximate surface area is 559 Å². The quantitative estimate of drug-likeness (QED) is 0.0153. The summed E-state index contributed by atoms with van der Waals surface area (Å²) in [5, 5.41) is 25.1. The van der Waals surface area contributed by atoms with Crippen LogP contribution < -0.4 is 38.1 Å². The Balaban J connectivity index is 1.15. The van der Waals surface area contributed by atoms with Crippen LogP contribution in [-0.4, -0.2) is 249 Å². The third-order valence-electron chi connectivity index (χ3n) is 15.9. The van der Waals surface area contributed by atoms with E-state index in [2.05, 4.69) is 39.6 Å². The number of ether oxygens (including phenoxy) is 11. The fourth-order valence-corrected chi connectivity index (χ4v) is 10.2. The summed E-state index contributed by atoms with van der Waals surface area (Å²) < 4.78 is 61.7. The summed E-state index contributed by atoms with van der Waals surface area (Å²) in [6, 6.07) is 3.56. The van der Waals surface area contributed by atoms with Crippen LogP contribution in [0.15, 0.2) is 60.2 Å². The zero-order chi connectivity index (χ0) is 69.7. The molecule has 0 saturated carbocycles. The second kappa shape index (κ2) is 44.2. The van der Waals surface area contributed by atoms with Gasteiger partial charge in [-0.05, 0) is 82.1 Å². The van der Waals surface area contributed by atoms with Gasteiger partial charge in [-0.3, -0.25) is 28.8 Å². The van der Waals surface area contributed by atoms with Crippen molar-refractivity contribution in [2.24, 2.45) is 23.3 Å². The van der Waals surface area contributed by atoms with E-state index in [9.17, 15) is 43.5 Å². The number of nitrogens with one attached hydrogen (secondary N) is 5. The van der Waals surface area contributed by atoms with Crippen LogP contribution in [-0.2, 0) is 87.5 Å². The second-order valence-electron chi connectivity index (χ2n) is 24.3. The highest BCUT2D eigenvalue weighted by atomic mass is 16.6. The van der Waals surface area contributed by atoms with Gasteiger partial charge in [0.1, 0.15) is 42.6 Å². The van der Waals surface area contributed by atoms with Crippen molar-refractivity contribution >= 4 is 53.3 Å². The smallest absolute Gasteiger partial charge is 0.409 e. The van der Waals surface area contributed by atoms with Crippen molar-refractivity contribution in [3.63, 3.8) is 0 Å². The van der Waals surface area contributed by atoms with Crippen molar-refractivity contribution < 1.29 is 95.6 Å². The van der Waals surface area contributed by atoms with Crippen LogP contribution in [0.4, 0.5) is 15.3 Å². The van der Waals surface area contributed by atoms with Crippen molar-refractivity contribution in [2.75, 3.05) is 131 Å². The lowest BCUT2D eigenvalue weighted by molar-refractivity contribution is -0.150. The molecule has 11 atom stereocenters. The SMILES string of the molecule is CC(=O)O[C@@H](C)/C=C\C(=O)N[C@@H]1C[C@H](C)[C@H](C/C=C(C)/C=C/[C@H]2O[C@H](CC(=O)N(C)CCN(C)C(=O)OCc3ccc(NC(=O)[C@H](CCCNC(N)=O)NC(=O)[C@@H](NC(=O)CCOCCOCCOCCOCCOCCOCCN)C(C)C)cc3)C[C@@]3(CO3)[C@@H]2O)O[C@@H]1C. The topological polar surface area (TPSA) is 380 Å². The number of primary amides is 1. The van der Waals surface area contributed by atoms with E-state index in [1.165, 1.54) is 28.9 Å². The molecule has 0 unspecified atom stereocenters. The van der Waals surface area contributed by atoms with Gasteiger partial charge >= 0.3 is 18.1 Å². The number of aliphatic hydroxyl groups excluding tert-OH is 1. The highest BCUT2D eigenvalue weighted by Gasteiger charge is 2.58. The van der Waals surface area contributed by atoms with E-state index in [4.69, 9.17) is 63.6 Å². The summed E-state index contributed by atoms with van der Waals surface area (Å²) in [5.41, 5.74) is 11.7. The predicted octanol–water partition coefficient (Wildman–Crippen LogP) is 2.55. The molecule has 0 aliphatic carbocycles. The van der Waals surface area contributed by atoms with Gasteiger partial charge in [0, 0.05) is 71.8 Å². The molecule has 3 heterocycles. The number of likely N-dealkylation sites (N-methyl/N-ethyl adjacent to an activating group) is 2. The summed E-state index contributed by atoms with van der Waals surface area (Å²) >= 11 is 0. The lowest BCUT2D eigenvalue weighted by atomic mass is 9.87. The molecule has 8 amide bonds. The Morgan fingerprint density at radius 2 is 1.39 bits per heavy atom. The zero-order valence-corrected chi connectivity index (χ0v) is 57.0. The molecule has 536 valence electrons. The lowest BCUT2D eigenvalue weighted by Crippen LogP contribution is -2.54. The van der Waals surface area contributed by atoms with E-state index in [1.807, 2.05) is 19.9 Å². The molecule has 95 heavy (non-hydrogen) atoms. The molecule has 29 heteroatoms. The van der Waals surface area contributed by atoms with Gasteiger partial charge in [-0.25, -0.2) is 9.59 Å². The number of hydrogen-bond donors (Lipinski definition) is 8. The Morgan fingerprint density at radius 1 is 0.789 bits per heavy atom. The maximum atomic E-state index is 13.7. The number of benzene rings is 1. The highest BCUT2D eigenvalue weighted by molar-refractivity contribution is 5.98. The first-order chi connectivity index (χ1) is 45.4. The first-order valence-corrected chi connectivity index (χ1v) is 32.8. The molecular formula is C66H107N9O20. The van der Waals surface area contributed by atoms with Gasteiger partial charge in [0.25, 0.3) is 0 Å². The number of rotatable bonds is 45. The van der Waals surface area contributed by atoms with E-state index < -0.39 is 77.9 Å². The number of urea groups is 1. The number of amides is 8. The highest BCUT2D eigenvalue weighted by Crippen LogP contribution is 2.43. The van der Waals surface area contributed by atoms with Crippen molar-refractivity contribution in [3.8, 4) is 0 Å². The first-order valence-electron chi connectivity index (χ1n) is 32.8. The van der Waals surface area contributed by atoms with E-state index in [0.717, 1.165) is 5.57 Å². The van der Waals surface area contributed by atoms with E-state index in [1.54, 1.807) is 65.2 Å². The monoisotopic (exact) mass is 1350 g/mol. The van der Waals surface area contributed by atoms with Gasteiger partial charge in [0.2, 0.25) is 29.5 Å². The average molecular weight is 1350 g/mol. The third kappa shape index (κ3) is 32.3. The van der Waals surface area contributed by atoms with Crippen LogP contribution >= 0.6 is 0 Å². The molecule has 0 bridgehead atoms. The Kier molecular flexibility index (Phi) is 37.6. The number of allylic oxidation sites excluding steroid dienone is 2. The van der Waals surface area contributed by atoms with E-state index in [-0.39, 0.29) is 114 Å². The lowest BCUT2D eigenvalue weighted by Gasteiger charge is -2.39. The molecule has 3 aliphatic rings. The maximum Gasteiger partial charge on any atom is 0.409 e. The number of nitrogens with two attached hydrogens (primary N) is 2. The Morgan fingerprint density at radius 3 is 1.97 bits per heavy atom. The molecule has 1 aromatic carbocycles. The van der Waals surface area contributed by atoms with Crippen molar-refractivity contribution in [1.82, 2.24) is 31.1 Å². The minimum absolute atomic E-state index is 0.0260. The molecular weight excluding hydrogens is 1240 g/mol. The molecule has 4 rings (SSSR count). The van der Waals surface area contributed by atoms with Gasteiger partial charge < -0.3 is 105 Å². The van der Waals surface area contributed by atoms with Gasteiger partial charge in [-0.2, -0.15) is 0 Å². The van der Waals surface area contributed by atoms with Crippen molar-refractivity contribution in [3.05, 3.63) is 65.8 Å². The fraction of sp³-hybridized carbons (Fsp3) is 0.697. The summed E-state index contributed by atoms with van der Waals surface area (Å²) in [5.74, 6) is -2.71. The summed E-state index contributed by atoms with van der Waals surface area (Å²) in [4.78, 5) is 105. The number of hydrogen-bond acceptors (Lipinski definition) is 21. The second-order valence-corrected chi connectivity index (χ2v) is 24.3. The van der Waals surface area contributed by atoms with Crippen LogP contribution in [0.3, 0.4) is 0 Å². The molecule has 29 nitrogen and oxygen atoms in total. The van der Waals surface area contributed by atoms with Crippen LogP contribution in [0.5, 0.6) is 0 Å². The average Bonchev–Trinajstić information content (AvgIpc) is 1.61. The number of esters is 1. The number of epoxide rings is 1. The number of anilines is 1. The Bertz CT molecular complexity index is 2610. The molecule has 1 aromatic rings. The van der Waals surface area contributed by atoms with Gasteiger partial charge in [0.15, 0.2) is 0 Å². The van der Waals surface area contributed by atoms with Crippen LogP contribution in [0.25, 0.3) is 0 Å². The fourth-order valence-electron chi connectivity index (χ4n) is 10.2. The zero-order valence-electron chi connectivity index (χ0n) is 57.0. The van der Waals surface area contributed by atoms with Crippen LogP contribution in [0, 0.1) is 11.8 Å². The molecule has 0 aromatic heterocycles. The molecule has 1 spiro atoms. The normalized spacial score (nSPS) is 22.0. The molecule has 3 fully saturated rings. The van der Waals surface area contributed by atoms with Gasteiger partial charge in [-0.15, -0.1) is 0 Å². The first kappa shape index (κ1) is 80.8. The summed E-state index contributed by atoms with van der Waals surface area (Å²) in [7, 11) is 3.19. The third-order valence-corrected chi connectivity index (χ3v) is 15.9. The Hall–Kier alpha value is -6.64. The molecule has 3 aliphatic heterocycles. The minimum Gasteiger partial charge on any atom is -0.459 e. The van der Waals surface area contributed by atoms with E-state index >= 15 is 0 Å². The van der Waals surface area contributed by atoms with Crippen molar-refractivity contribution in [2.45, 2.75) is 160 Å². The van der Waals surface area contributed by atoms with Crippen LogP contribution in [0.2, 0.25) is 0 Å².